The molecule has 5 aromatic rings. The van der Waals surface area contributed by atoms with Gasteiger partial charge in [0.05, 0.1) is 17.6 Å². The average Bonchev–Trinajstić information content (AvgIpc) is 3.54. The van der Waals surface area contributed by atoms with E-state index in [2.05, 4.69) is 26.9 Å². The minimum absolute atomic E-state index is 0. The van der Waals surface area contributed by atoms with E-state index < -0.39 is 0 Å². The fraction of sp³-hybridized carbons (Fsp3) is 0.200. The van der Waals surface area contributed by atoms with Gasteiger partial charge in [0, 0.05) is 23.6 Å². The number of likely N-dealkylation sites (N-methyl/N-ethyl adjacent to an activating group) is 1. The Bertz CT molecular complexity index is 1540. The maximum absolute atomic E-state index is 6.97. The van der Waals surface area contributed by atoms with Gasteiger partial charge in [0.15, 0.2) is 11.6 Å². The Morgan fingerprint density at radius 3 is 2.62 bits per heavy atom. The van der Waals surface area contributed by atoms with Gasteiger partial charge in [-0.25, -0.2) is 11.6 Å². The number of rotatable bonds is 10. The summed E-state index contributed by atoms with van der Waals surface area (Å²) in [7, 11) is 2.02. The van der Waals surface area contributed by atoms with Crippen LogP contribution in [0.25, 0.3) is 27.5 Å². The van der Waals surface area contributed by atoms with Crippen LogP contribution in [0.1, 0.15) is 22.5 Å². The lowest BCUT2D eigenvalue weighted by atomic mass is 10.1. The number of nitrogens with zero attached hydrogens (tertiary/aromatic N) is 3. The Hall–Kier alpha value is -3.47. The van der Waals surface area contributed by atoms with Gasteiger partial charge in [0.2, 0.25) is 6.54 Å². The number of imidazole rings is 1. The normalized spacial score (nSPS) is 10.6. The zero-order valence-corrected chi connectivity index (χ0v) is 23.8. The first-order chi connectivity index (χ1) is 18.1. The monoisotopic (exact) mass is 582 g/mol. The first-order valence-corrected chi connectivity index (χ1v) is 12.5. The van der Waals surface area contributed by atoms with E-state index in [-0.39, 0.29) is 24.8 Å². The molecule has 6 nitrogen and oxygen atoms in total. The second kappa shape index (κ2) is 14.1. The SMILES string of the molecule is Cl.Cl.[C-]#[N+]CCN(C)Cc1ccc2nc(-c3ccc(Cc4cc(Cl)ccc4OCc4ccccc4)o3)[nH]c2c1. The van der Waals surface area contributed by atoms with Crippen molar-refractivity contribution in [3.8, 4) is 17.3 Å². The van der Waals surface area contributed by atoms with Crippen molar-refractivity contribution >= 4 is 47.4 Å². The van der Waals surface area contributed by atoms with Gasteiger partial charge in [-0.05, 0) is 60.6 Å². The van der Waals surface area contributed by atoms with E-state index in [1.54, 1.807) is 0 Å². The first kappa shape index (κ1) is 30.1. The number of furan rings is 1. The molecule has 2 aromatic heterocycles. The molecule has 39 heavy (non-hydrogen) atoms. The molecule has 0 saturated heterocycles. The van der Waals surface area contributed by atoms with Crippen LogP contribution in [0.3, 0.4) is 0 Å². The van der Waals surface area contributed by atoms with Crippen LogP contribution in [0.5, 0.6) is 5.75 Å². The molecule has 0 saturated carbocycles. The van der Waals surface area contributed by atoms with Crippen molar-refractivity contribution in [1.82, 2.24) is 14.9 Å². The molecule has 0 aliphatic carbocycles. The number of H-pyrrole nitrogens is 1. The lowest BCUT2D eigenvalue weighted by Crippen LogP contribution is -2.20. The third-order valence-electron chi connectivity index (χ3n) is 6.11. The van der Waals surface area contributed by atoms with Crippen molar-refractivity contribution in [3.05, 3.63) is 118 Å². The van der Waals surface area contributed by atoms with Crippen LogP contribution in [0.4, 0.5) is 0 Å². The summed E-state index contributed by atoms with van der Waals surface area (Å²) in [6.07, 6.45) is 0.548. The Morgan fingerprint density at radius 2 is 1.82 bits per heavy atom. The van der Waals surface area contributed by atoms with Crippen molar-refractivity contribution in [2.45, 2.75) is 19.6 Å². The molecule has 0 spiro atoms. The van der Waals surface area contributed by atoms with Crippen molar-refractivity contribution in [2.75, 3.05) is 20.1 Å². The van der Waals surface area contributed by atoms with Crippen LogP contribution in [-0.2, 0) is 19.6 Å². The summed E-state index contributed by atoms with van der Waals surface area (Å²) in [4.78, 5) is 13.7. The van der Waals surface area contributed by atoms with E-state index in [4.69, 9.17) is 32.3 Å². The number of hydrogen-bond acceptors (Lipinski definition) is 4. The summed E-state index contributed by atoms with van der Waals surface area (Å²) in [5.41, 5.74) is 5.06. The van der Waals surface area contributed by atoms with Crippen molar-refractivity contribution in [1.29, 1.82) is 0 Å². The predicted octanol–water partition coefficient (Wildman–Crippen LogP) is 7.84. The third kappa shape index (κ3) is 7.78. The fourth-order valence-corrected chi connectivity index (χ4v) is 4.43. The number of ether oxygens (including phenoxy) is 1. The van der Waals surface area contributed by atoms with Crippen LogP contribution >= 0.6 is 36.4 Å². The largest absolute Gasteiger partial charge is 0.489 e. The van der Waals surface area contributed by atoms with Gasteiger partial charge >= 0.3 is 0 Å². The van der Waals surface area contributed by atoms with Crippen LogP contribution in [0, 0.1) is 6.57 Å². The number of nitrogens with one attached hydrogen (secondary N) is 1. The Labute approximate surface area is 245 Å². The fourth-order valence-electron chi connectivity index (χ4n) is 4.23. The zero-order valence-electron chi connectivity index (χ0n) is 21.4. The van der Waals surface area contributed by atoms with E-state index >= 15 is 0 Å². The molecule has 1 N–H and O–H groups in total. The predicted molar refractivity (Wildman–Crippen MR) is 161 cm³/mol. The maximum Gasteiger partial charge on any atom is 0.227 e. The van der Waals surface area contributed by atoms with Crippen molar-refractivity contribution in [3.63, 3.8) is 0 Å². The maximum atomic E-state index is 6.97. The average molecular weight is 584 g/mol. The molecular formula is C30H29Cl3N4O2. The second-order valence-corrected chi connectivity index (χ2v) is 9.46. The molecule has 0 atom stereocenters. The standard InChI is InChI=1S/C30H27ClN4O2.2ClH/c1-32-14-15-35(2)19-22-8-11-26-27(16-22)34-30(33-26)29-13-10-25(37-29)18-23-17-24(31)9-12-28(23)36-20-21-6-4-3-5-7-21;;/h3-13,16-17H,14-15,18-20H2,2H3,(H,33,34);2*1H. The summed E-state index contributed by atoms with van der Waals surface area (Å²) >= 11 is 6.30. The van der Waals surface area contributed by atoms with Gasteiger partial charge < -0.3 is 19.0 Å². The summed E-state index contributed by atoms with van der Waals surface area (Å²) in [6, 6.07) is 25.8. The molecule has 0 unspecified atom stereocenters. The van der Waals surface area contributed by atoms with Gasteiger partial charge in [0.25, 0.3) is 0 Å². The Kier molecular flexibility index (Phi) is 10.8. The topological polar surface area (TPSA) is 58.6 Å². The van der Waals surface area contributed by atoms with Crippen LogP contribution < -0.4 is 4.74 Å². The smallest absolute Gasteiger partial charge is 0.227 e. The van der Waals surface area contributed by atoms with Crippen LogP contribution in [0.15, 0.2) is 83.3 Å². The van der Waals surface area contributed by atoms with Crippen molar-refractivity contribution in [2.24, 2.45) is 0 Å². The summed E-state index contributed by atoms with van der Waals surface area (Å²) < 4.78 is 12.3. The highest BCUT2D eigenvalue weighted by Gasteiger charge is 2.14. The molecule has 0 bridgehead atoms. The zero-order chi connectivity index (χ0) is 25.6. The van der Waals surface area contributed by atoms with Gasteiger partial charge in [-0.1, -0.05) is 48.0 Å². The molecule has 0 aliphatic heterocycles. The summed E-state index contributed by atoms with van der Waals surface area (Å²) in [5.74, 6) is 2.94. The van der Waals surface area contributed by atoms with Crippen LogP contribution in [-0.4, -0.2) is 35.0 Å². The van der Waals surface area contributed by atoms with E-state index in [0.717, 1.165) is 46.8 Å². The minimum atomic E-state index is 0. The summed E-state index contributed by atoms with van der Waals surface area (Å²) in [5, 5.41) is 0.654. The molecule has 3 aromatic carbocycles. The molecular weight excluding hydrogens is 555 g/mol. The number of fused-ring (bicyclic) bond motifs is 1. The molecule has 0 fully saturated rings. The third-order valence-corrected chi connectivity index (χ3v) is 6.35. The Morgan fingerprint density at radius 1 is 1.00 bits per heavy atom. The van der Waals surface area contributed by atoms with Crippen molar-refractivity contribution < 1.29 is 9.15 Å². The molecule has 9 heteroatoms. The van der Waals surface area contributed by atoms with Gasteiger partial charge in [0.1, 0.15) is 18.1 Å². The lowest BCUT2D eigenvalue weighted by Gasteiger charge is -2.13. The molecule has 202 valence electrons. The van der Waals surface area contributed by atoms with E-state index in [1.165, 1.54) is 5.56 Å². The number of halogens is 3. The number of benzene rings is 3. The quantitative estimate of drug-likeness (QED) is 0.170. The van der Waals surface area contributed by atoms with E-state index in [9.17, 15) is 0 Å². The number of aromatic amines is 1. The minimum Gasteiger partial charge on any atom is -0.489 e. The highest BCUT2D eigenvalue weighted by atomic mass is 35.5. The number of hydrogen-bond donors (Lipinski definition) is 1. The molecule has 5 rings (SSSR count). The van der Waals surface area contributed by atoms with Gasteiger partial charge in [-0.2, -0.15) is 0 Å². The van der Waals surface area contributed by atoms with Crippen LogP contribution in [0.2, 0.25) is 5.02 Å². The summed E-state index contributed by atoms with van der Waals surface area (Å²) in [6.45, 7) is 9.48. The lowest BCUT2D eigenvalue weighted by molar-refractivity contribution is 0.303. The molecule has 2 heterocycles. The highest BCUT2D eigenvalue weighted by Crippen LogP contribution is 2.29. The van der Waals surface area contributed by atoms with E-state index in [1.807, 2.05) is 73.8 Å². The molecule has 0 amide bonds. The second-order valence-electron chi connectivity index (χ2n) is 9.03. The number of aromatic nitrogens is 2. The molecule has 0 radical (unpaired) electrons. The first-order valence-electron chi connectivity index (χ1n) is 12.1. The van der Waals surface area contributed by atoms with Gasteiger partial charge in [-0.15, -0.1) is 24.8 Å². The Balaban J connectivity index is 0.00000210. The van der Waals surface area contributed by atoms with E-state index in [0.29, 0.717) is 36.2 Å². The highest BCUT2D eigenvalue weighted by molar-refractivity contribution is 6.30. The van der Waals surface area contributed by atoms with Gasteiger partial charge in [-0.3, -0.25) is 4.90 Å². The molecule has 0 aliphatic rings.